The lowest BCUT2D eigenvalue weighted by Crippen LogP contribution is -2.54. The van der Waals surface area contributed by atoms with Crippen molar-refractivity contribution in [1.29, 1.82) is 0 Å². The highest BCUT2D eigenvalue weighted by Gasteiger charge is 2.61. The van der Waals surface area contributed by atoms with Gasteiger partial charge in [0.1, 0.15) is 0 Å². The van der Waals surface area contributed by atoms with Gasteiger partial charge in [0.25, 0.3) is 0 Å². The zero-order valence-corrected chi connectivity index (χ0v) is 14.2. The molecule has 0 aromatic heterocycles. The minimum atomic E-state index is -0.308. The molecule has 4 rings (SSSR count). The van der Waals surface area contributed by atoms with Gasteiger partial charge < -0.3 is 15.9 Å². The average molecular weight is 307 g/mol. The van der Waals surface area contributed by atoms with Crippen LogP contribution in [0.2, 0.25) is 0 Å². The van der Waals surface area contributed by atoms with Gasteiger partial charge in [-0.15, -0.1) is 0 Å². The molecule has 0 aromatic rings. The fourth-order valence-electron chi connectivity index (χ4n) is 7.31. The van der Waals surface area contributed by atoms with E-state index in [1.165, 1.54) is 25.7 Å². The Morgan fingerprint density at radius 1 is 0.864 bits per heavy atom. The van der Waals surface area contributed by atoms with E-state index in [0.717, 1.165) is 37.5 Å². The Balaban J connectivity index is 1.63. The summed E-state index contributed by atoms with van der Waals surface area (Å²) < 4.78 is 0. The lowest BCUT2D eigenvalue weighted by molar-refractivity contribution is -0.134. The second-order valence-corrected chi connectivity index (χ2v) is 9.47. The first-order valence-electron chi connectivity index (χ1n) is 9.48. The van der Waals surface area contributed by atoms with Crippen molar-refractivity contribution in [1.82, 2.24) is 0 Å². The Morgan fingerprint density at radius 2 is 1.59 bits per heavy atom. The molecule has 4 aliphatic rings. The van der Waals surface area contributed by atoms with Crippen LogP contribution in [0.5, 0.6) is 0 Å². The van der Waals surface area contributed by atoms with Crippen molar-refractivity contribution in [2.24, 2.45) is 40.2 Å². The van der Waals surface area contributed by atoms with Crippen LogP contribution in [0.4, 0.5) is 0 Å². The van der Waals surface area contributed by atoms with E-state index in [-0.39, 0.29) is 23.7 Å². The lowest BCUT2D eigenvalue weighted by atomic mass is 9.45. The number of aliphatic hydroxyl groups excluding tert-OH is 2. The molecule has 4 aliphatic carbocycles. The molecule has 3 nitrogen and oxygen atoms in total. The first-order valence-corrected chi connectivity index (χ1v) is 9.48. The van der Waals surface area contributed by atoms with Crippen LogP contribution in [0.25, 0.3) is 0 Å². The zero-order chi connectivity index (χ0) is 15.7. The van der Waals surface area contributed by atoms with Gasteiger partial charge in [0.2, 0.25) is 0 Å². The summed E-state index contributed by atoms with van der Waals surface area (Å²) in [6, 6.07) is -0.0209. The molecular weight excluding hydrogens is 274 g/mol. The second-order valence-electron chi connectivity index (χ2n) is 9.47. The molecular formula is C19H33NO2. The molecule has 0 heterocycles. The molecule has 0 aliphatic heterocycles. The van der Waals surface area contributed by atoms with Gasteiger partial charge in [0, 0.05) is 6.04 Å². The minimum Gasteiger partial charge on any atom is -0.393 e. The maximum atomic E-state index is 10.6. The highest BCUT2D eigenvalue weighted by atomic mass is 16.3. The van der Waals surface area contributed by atoms with Gasteiger partial charge in [-0.05, 0) is 85.9 Å². The predicted molar refractivity (Wildman–Crippen MR) is 87.1 cm³/mol. The van der Waals surface area contributed by atoms with Crippen LogP contribution in [-0.2, 0) is 0 Å². The van der Waals surface area contributed by atoms with Crippen LogP contribution in [0, 0.1) is 34.5 Å². The number of hydrogen-bond acceptors (Lipinski definition) is 3. The van der Waals surface area contributed by atoms with Crippen molar-refractivity contribution >= 4 is 0 Å². The number of rotatable bonds is 0. The molecule has 0 spiro atoms. The van der Waals surface area contributed by atoms with Gasteiger partial charge in [-0.1, -0.05) is 13.8 Å². The molecule has 0 amide bonds. The molecule has 0 radical (unpaired) electrons. The van der Waals surface area contributed by atoms with Gasteiger partial charge in [0.05, 0.1) is 12.2 Å². The molecule has 22 heavy (non-hydrogen) atoms. The van der Waals surface area contributed by atoms with Crippen LogP contribution in [0.3, 0.4) is 0 Å². The molecule has 0 aromatic carbocycles. The Labute approximate surface area is 134 Å². The summed E-state index contributed by atoms with van der Waals surface area (Å²) in [6.07, 6.45) is 8.79. The van der Waals surface area contributed by atoms with Crippen LogP contribution in [0.1, 0.15) is 65.2 Å². The Bertz CT molecular complexity index is 455. The van der Waals surface area contributed by atoms with E-state index >= 15 is 0 Å². The number of aliphatic hydroxyl groups is 2. The third-order valence-electron chi connectivity index (χ3n) is 8.68. The average Bonchev–Trinajstić information content (AvgIpc) is 2.72. The summed E-state index contributed by atoms with van der Waals surface area (Å²) in [5.74, 6) is 2.86. The fraction of sp³-hybridized carbons (Fsp3) is 1.00. The summed E-state index contributed by atoms with van der Waals surface area (Å²) in [5.41, 5.74) is 6.72. The molecule has 4 N–H and O–H groups in total. The van der Waals surface area contributed by atoms with Crippen molar-refractivity contribution in [3.63, 3.8) is 0 Å². The Hall–Kier alpha value is -0.120. The molecule has 0 unspecified atom stereocenters. The third kappa shape index (κ3) is 1.91. The van der Waals surface area contributed by atoms with Crippen molar-refractivity contribution in [3.05, 3.63) is 0 Å². The van der Waals surface area contributed by atoms with E-state index in [2.05, 4.69) is 13.8 Å². The van der Waals surface area contributed by atoms with Crippen molar-refractivity contribution in [2.45, 2.75) is 83.5 Å². The third-order valence-corrected chi connectivity index (χ3v) is 8.68. The first kappa shape index (κ1) is 15.4. The van der Waals surface area contributed by atoms with E-state index in [1.807, 2.05) is 0 Å². The van der Waals surface area contributed by atoms with Crippen LogP contribution in [0.15, 0.2) is 0 Å². The zero-order valence-electron chi connectivity index (χ0n) is 14.2. The summed E-state index contributed by atoms with van der Waals surface area (Å²) in [5, 5.41) is 20.7. The Kier molecular flexibility index (Phi) is 3.46. The quantitative estimate of drug-likeness (QED) is 0.644. The van der Waals surface area contributed by atoms with Crippen molar-refractivity contribution in [2.75, 3.05) is 0 Å². The number of hydrogen-bond donors (Lipinski definition) is 3. The maximum absolute atomic E-state index is 10.6. The standard InChI is InChI=1S/C19H33NO2/c1-18-7-5-12(21)9-11(18)3-4-13-14(18)6-8-19(2)15(13)10-16(20)17(19)22/h11-17,21-22H,3-10,20H2,1-2H3/t11-,12-,13+,14-,15+,16-,17-,18-,19-/m0/s1. The van der Waals surface area contributed by atoms with Gasteiger partial charge in [-0.25, -0.2) is 0 Å². The lowest BCUT2D eigenvalue weighted by Gasteiger charge is -2.60. The normalized spacial score (nSPS) is 61.2. The van der Waals surface area contributed by atoms with Gasteiger partial charge in [-0.2, -0.15) is 0 Å². The smallest absolute Gasteiger partial charge is 0.0747 e. The fourth-order valence-corrected chi connectivity index (χ4v) is 7.31. The highest BCUT2D eigenvalue weighted by molar-refractivity contribution is 5.12. The summed E-state index contributed by atoms with van der Waals surface area (Å²) in [4.78, 5) is 0. The van der Waals surface area contributed by atoms with Crippen LogP contribution >= 0.6 is 0 Å². The molecule has 4 saturated carbocycles. The molecule has 4 fully saturated rings. The van der Waals surface area contributed by atoms with Crippen LogP contribution < -0.4 is 5.73 Å². The van der Waals surface area contributed by atoms with E-state index in [9.17, 15) is 10.2 Å². The minimum absolute atomic E-state index is 0.0209. The maximum Gasteiger partial charge on any atom is 0.0747 e. The largest absolute Gasteiger partial charge is 0.393 e. The van der Waals surface area contributed by atoms with E-state index in [4.69, 9.17) is 5.73 Å². The molecule has 0 bridgehead atoms. The topological polar surface area (TPSA) is 66.5 Å². The summed E-state index contributed by atoms with van der Waals surface area (Å²) in [7, 11) is 0. The monoisotopic (exact) mass is 307 g/mol. The SMILES string of the molecule is C[C@]12CC[C@H]3[C@@H](CC[C@H]4C[C@@H](O)CC[C@@]43C)[C@H]1C[C@H](N)[C@@H]2O. The van der Waals surface area contributed by atoms with E-state index in [0.29, 0.717) is 17.3 Å². The van der Waals surface area contributed by atoms with Crippen molar-refractivity contribution < 1.29 is 10.2 Å². The first-order chi connectivity index (χ1) is 10.4. The van der Waals surface area contributed by atoms with Crippen LogP contribution in [-0.4, -0.2) is 28.5 Å². The van der Waals surface area contributed by atoms with Gasteiger partial charge in [0.15, 0.2) is 0 Å². The molecule has 9 atom stereocenters. The number of nitrogens with two attached hydrogens (primary N) is 1. The Morgan fingerprint density at radius 3 is 2.36 bits per heavy atom. The molecule has 126 valence electrons. The van der Waals surface area contributed by atoms with Crippen molar-refractivity contribution in [3.8, 4) is 0 Å². The molecule has 3 heteroatoms. The number of fused-ring (bicyclic) bond motifs is 5. The predicted octanol–water partition coefficient (Wildman–Crippen LogP) is 2.69. The summed E-state index contributed by atoms with van der Waals surface area (Å²) in [6.45, 7) is 4.80. The molecule has 0 saturated heterocycles. The summed E-state index contributed by atoms with van der Waals surface area (Å²) >= 11 is 0. The van der Waals surface area contributed by atoms with Gasteiger partial charge in [-0.3, -0.25) is 0 Å². The van der Waals surface area contributed by atoms with Gasteiger partial charge >= 0.3 is 0 Å². The van der Waals surface area contributed by atoms with E-state index < -0.39 is 0 Å². The van der Waals surface area contributed by atoms with E-state index in [1.54, 1.807) is 0 Å². The second kappa shape index (κ2) is 4.94. The highest BCUT2D eigenvalue weighted by Crippen LogP contribution is 2.65.